The lowest BCUT2D eigenvalue weighted by molar-refractivity contribution is -0.116. The second-order valence-electron chi connectivity index (χ2n) is 6.75. The summed E-state index contributed by atoms with van der Waals surface area (Å²) < 4.78 is 5.44. The number of para-hydroxylation sites is 1. The van der Waals surface area contributed by atoms with Gasteiger partial charge in [0.15, 0.2) is 0 Å². The Labute approximate surface area is 151 Å². The van der Waals surface area contributed by atoms with Crippen LogP contribution < -0.4 is 20.5 Å². The lowest BCUT2D eigenvalue weighted by Gasteiger charge is -2.30. The Bertz CT molecular complexity index is 887. The number of amides is 1. The molecule has 0 radical (unpaired) electrons. The van der Waals surface area contributed by atoms with Crippen molar-refractivity contribution in [3.63, 3.8) is 0 Å². The van der Waals surface area contributed by atoms with Gasteiger partial charge in [0.2, 0.25) is 11.9 Å². The third kappa shape index (κ3) is 2.94. The fourth-order valence-electron chi connectivity index (χ4n) is 3.83. The number of carbonyl (C=O) groups excluding carboxylic acids is 1. The van der Waals surface area contributed by atoms with E-state index in [2.05, 4.69) is 20.2 Å². The number of anilines is 2. The molecule has 26 heavy (non-hydrogen) atoms. The van der Waals surface area contributed by atoms with Crippen molar-refractivity contribution in [3.8, 4) is 5.75 Å². The van der Waals surface area contributed by atoms with Gasteiger partial charge in [-0.2, -0.15) is 4.98 Å². The van der Waals surface area contributed by atoms with Gasteiger partial charge < -0.3 is 15.0 Å². The van der Waals surface area contributed by atoms with Crippen LogP contribution in [0.15, 0.2) is 29.1 Å². The molecule has 1 aromatic carbocycles. The number of H-pyrrole nitrogens is 1. The van der Waals surface area contributed by atoms with Crippen molar-refractivity contribution in [2.75, 3.05) is 30.4 Å². The van der Waals surface area contributed by atoms with Crippen LogP contribution in [-0.2, 0) is 4.79 Å². The molecule has 0 bridgehead atoms. The number of piperidine rings is 1. The Morgan fingerprint density at radius 3 is 2.69 bits per heavy atom. The van der Waals surface area contributed by atoms with E-state index in [1.807, 2.05) is 24.3 Å². The average Bonchev–Trinajstić information content (AvgIpc) is 2.67. The Kier molecular flexibility index (Phi) is 4.36. The summed E-state index contributed by atoms with van der Waals surface area (Å²) in [5, 5.41) is 2.78. The Hall–Kier alpha value is -2.83. The molecule has 0 saturated carbocycles. The molecule has 1 saturated heterocycles. The van der Waals surface area contributed by atoms with Crippen molar-refractivity contribution >= 4 is 17.7 Å². The molecule has 1 fully saturated rings. The lowest BCUT2D eigenvalue weighted by Crippen LogP contribution is -2.36. The molecule has 136 valence electrons. The van der Waals surface area contributed by atoms with E-state index < -0.39 is 0 Å². The molecule has 7 heteroatoms. The number of carbonyl (C=O) groups is 1. The van der Waals surface area contributed by atoms with Gasteiger partial charge in [-0.15, -0.1) is 0 Å². The normalized spacial score (nSPS) is 19.7. The highest BCUT2D eigenvalue weighted by Crippen LogP contribution is 2.38. The molecular formula is C19H22N4O3. The predicted octanol–water partition coefficient (Wildman–Crippen LogP) is 2.24. The Morgan fingerprint density at radius 2 is 1.92 bits per heavy atom. The number of aromatic nitrogens is 2. The average molecular weight is 354 g/mol. The second-order valence-corrected chi connectivity index (χ2v) is 6.75. The van der Waals surface area contributed by atoms with Crippen molar-refractivity contribution < 1.29 is 9.53 Å². The van der Waals surface area contributed by atoms with Gasteiger partial charge >= 0.3 is 0 Å². The molecular weight excluding hydrogens is 332 g/mol. The smallest absolute Gasteiger partial charge is 0.258 e. The molecule has 1 aromatic heterocycles. The summed E-state index contributed by atoms with van der Waals surface area (Å²) in [4.78, 5) is 34.8. The molecule has 2 N–H and O–H groups in total. The predicted molar refractivity (Wildman–Crippen MR) is 99.0 cm³/mol. The number of methoxy groups -OCH3 is 1. The summed E-state index contributed by atoms with van der Waals surface area (Å²) in [7, 11) is 1.59. The summed E-state index contributed by atoms with van der Waals surface area (Å²) in [6.45, 7) is 1.73. The van der Waals surface area contributed by atoms with E-state index >= 15 is 0 Å². The van der Waals surface area contributed by atoms with Gasteiger partial charge in [0.25, 0.3) is 5.56 Å². The van der Waals surface area contributed by atoms with Crippen LogP contribution in [0.2, 0.25) is 0 Å². The number of benzene rings is 1. The van der Waals surface area contributed by atoms with Gasteiger partial charge in [0.1, 0.15) is 11.6 Å². The first-order valence-corrected chi connectivity index (χ1v) is 8.99. The topological polar surface area (TPSA) is 87.3 Å². The van der Waals surface area contributed by atoms with Crippen LogP contribution in [-0.4, -0.2) is 36.1 Å². The number of hydrogen-bond donors (Lipinski definition) is 2. The molecule has 2 aliphatic rings. The van der Waals surface area contributed by atoms with Crippen LogP contribution >= 0.6 is 0 Å². The van der Waals surface area contributed by atoms with Crippen molar-refractivity contribution in [1.82, 2.24) is 9.97 Å². The molecule has 0 unspecified atom stereocenters. The van der Waals surface area contributed by atoms with Crippen LogP contribution in [0.5, 0.6) is 5.75 Å². The summed E-state index contributed by atoms with van der Waals surface area (Å²) in [5.41, 5.74) is 1.12. The minimum atomic E-state index is -0.374. The van der Waals surface area contributed by atoms with Gasteiger partial charge in [-0.05, 0) is 25.3 Å². The van der Waals surface area contributed by atoms with E-state index in [-0.39, 0.29) is 23.8 Å². The maximum absolute atomic E-state index is 12.9. The van der Waals surface area contributed by atoms with E-state index in [0.717, 1.165) is 31.5 Å². The third-order valence-electron chi connectivity index (χ3n) is 5.11. The molecule has 4 rings (SSSR count). The lowest BCUT2D eigenvalue weighted by atomic mass is 9.86. The van der Waals surface area contributed by atoms with E-state index in [9.17, 15) is 9.59 Å². The zero-order valence-electron chi connectivity index (χ0n) is 14.7. The molecule has 0 spiro atoms. The number of rotatable bonds is 3. The number of fused-ring (bicyclic) bond motifs is 1. The maximum atomic E-state index is 12.9. The van der Waals surface area contributed by atoms with Crippen molar-refractivity contribution in [2.24, 2.45) is 0 Å². The molecule has 2 aromatic rings. The summed E-state index contributed by atoms with van der Waals surface area (Å²) in [5.74, 6) is 1.05. The molecule has 2 aliphatic heterocycles. The number of aromatic amines is 1. The van der Waals surface area contributed by atoms with Gasteiger partial charge in [-0.1, -0.05) is 18.2 Å². The van der Waals surface area contributed by atoms with Crippen LogP contribution in [0.1, 0.15) is 42.7 Å². The molecule has 0 aliphatic carbocycles. The quantitative estimate of drug-likeness (QED) is 0.883. The van der Waals surface area contributed by atoms with E-state index in [4.69, 9.17) is 4.74 Å². The highest BCUT2D eigenvalue weighted by Gasteiger charge is 2.33. The minimum Gasteiger partial charge on any atom is -0.496 e. The van der Waals surface area contributed by atoms with Crippen LogP contribution in [0.3, 0.4) is 0 Å². The zero-order chi connectivity index (χ0) is 18.1. The highest BCUT2D eigenvalue weighted by atomic mass is 16.5. The first kappa shape index (κ1) is 16.6. The largest absolute Gasteiger partial charge is 0.496 e. The van der Waals surface area contributed by atoms with Gasteiger partial charge in [0.05, 0.1) is 12.7 Å². The van der Waals surface area contributed by atoms with Gasteiger partial charge in [-0.3, -0.25) is 14.6 Å². The van der Waals surface area contributed by atoms with E-state index in [1.54, 1.807) is 7.11 Å². The number of hydrogen-bond acceptors (Lipinski definition) is 5. The first-order valence-electron chi connectivity index (χ1n) is 8.99. The molecule has 1 amide bonds. The number of nitrogens with one attached hydrogen (secondary N) is 2. The number of nitrogens with zero attached hydrogens (tertiary/aromatic N) is 2. The van der Waals surface area contributed by atoms with Crippen molar-refractivity contribution in [2.45, 2.75) is 31.6 Å². The monoisotopic (exact) mass is 354 g/mol. The van der Waals surface area contributed by atoms with E-state index in [1.165, 1.54) is 6.42 Å². The Morgan fingerprint density at radius 1 is 1.15 bits per heavy atom. The fraction of sp³-hybridized carbons (Fsp3) is 0.421. The van der Waals surface area contributed by atoms with Gasteiger partial charge in [0, 0.05) is 31.0 Å². The van der Waals surface area contributed by atoms with Gasteiger partial charge in [-0.25, -0.2) is 0 Å². The van der Waals surface area contributed by atoms with Crippen LogP contribution in [0, 0.1) is 0 Å². The standard InChI is InChI=1S/C19H22N4O3/c1-26-14-8-4-3-7-12(14)13-11-15(24)20-17-16(13)18(25)22-19(21-17)23-9-5-2-6-10-23/h3-4,7-8,13H,2,5-6,9-11H2,1H3,(H2,20,21,22,24,25)/t13-/m1/s1. The summed E-state index contributed by atoms with van der Waals surface area (Å²) >= 11 is 0. The van der Waals surface area contributed by atoms with Crippen LogP contribution in [0.4, 0.5) is 11.8 Å². The molecule has 3 heterocycles. The summed E-state index contributed by atoms with van der Waals surface area (Å²) in [6, 6.07) is 7.48. The first-order chi connectivity index (χ1) is 12.7. The Balaban J connectivity index is 1.80. The summed E-state index contributed by atoms with van der Waals surface area (Å²) in [6.07, 6.45) is 3.55. The van der Waals surface area contributed by atoms with Crippen molar-refractivity contribution in [1.29, 1.82) is 0 Å². The maximum Gasteiger partial charge on any atom is 0.258 e. The molecule has 7 nitrogen and oxygen atoms in total. The zero-order valence-corrected chi connectivity index (χ0v) is 14.7. The van der Waals surface area contributed by atoms with E-state index in [0.29, 0.717) is 23.1 Å². The SMILES string of the molecule is COc1ccccc1[C@H]1CC(=O)Nc2nc(N3CCCCC3)[nH]c(=O)c21. The fourth-order valence-corrected chi connectivity index (χ4v) is 3.83. The third-order valence-corrected chi connectivity index (χ3v) is 5.11. The highest BCUT2D eigenvalue weighted by molar-refractivity contribution is 5.94. The van der Waals surface area contributed by atoms with Crippen LogP contribution in [0.25, 0.3) is 0 Å². The minimum absolute atomic E-state index is 0.142. The number of ether oxygens (including phenoxy) is 1. The second kappa shape index (κ2) is 6.82. The van der Waals surface area contributed by atoms with Crippen molar-refractivity contribution in [3.05, 3.63) is 45.7 Å². The molecule has 1 atom stereocenters.